The highest BCUT2D eigenvalue weighted by Gasteiger charge is 2.27. The van der Waals surface area contributed by atoms with Gasteiger partial charge in [0.15, 0.2) is 5.60 Å². The highest BCUT2D eigenvalue weighted by molar-refractivity contribution is 7.65. The summed E-state index contributed by atoms with van der Waals surface area (Å²) < 4.78 is 17.4. The van der Waals surface area contributed by atoms with Gasteiger partial charge in [-0.15, -0.1) is 19.6 Å². The molecule has 0 saturated carbocycles. The summed E-state index contributed by atoms with van der Waals surface area (Å²) in [6, 6.07) is 0. The molecule has 0 N–H and O–H groups in total. The zero-order valence-electron chi connectivity index (χ0n) is 10.4. The minimum Gasteiger partial charge on any atom is -0.446 e. The van der Waals surface area contributed by atoms with Crippen LogP contribution in [-0.2, 0) is 14.1 Å². The Balaban J connectivity index is 4.64. The van der Waals surface area contributed by atoms with Gasteiger partial charge in [0, 0.05) is 12.3 Å². The number of terminal acetylenes is 1. The average molecular weight is 254 g/mol. The van der Waals surface area contributed by atoms with Crippen molar-refractivity contribution in [3.05, 3.63) is 25.3 Å². The number of carbonyl (C=O) groups is 1. The van der Waals surface area contributed by atoms with Crippen molar-refractivity contribution in [3.63, 3.8) is 0 Å². The average Bonchev–Trinajstić information content (AvgIpc) is 2.16. The van der Waals surface area contributed by atoms with E-state index >= 15 is 0 Å². The second-order valence-corrected chi connectivity index (χ2v) is 7.45. The molecule has 3 nitrogen and oxygen atoms in total. The van der Waals surface area contributed by atoms with Crippen LogP contribution in [0, 0.1) is 12.3 Å². The quantitative estimate of drug-likeness (QED) is 0.303. The third kappa shape index (κ3) is 6.14. The summed E-state index contributed by atoms with van der Waals surface area (Å²) >= 11 is 0. The molecule has 0 unspecified atom stereocenters. The van der Waals surface area contributed by atoms with Gasteiger partial charge in [-0.05, 0) is 13.8 Å². The number of hydrogen-bond acceptors (Lipinski definition) is 3. The molecule has 0 aliphatic carbocycles. The molecule has 0 rings (SSSR count). The Morgan fingerprint density at radius 3 is 2.24 bits per heavy atom. The summed E-state index contributed by atoms with van der Waals surface area (Å²) in [6.45, 7) is 10.3. The zero-order chi connectivity index (χ0) is 13.5. The largest absolute Gasteiger partial charge is 0.446 e. The molecule has 0 saturated heterocycles. The maximum Gasteiger partial charge on any atom is 0.314 e. The molecular formula is C13H19O3P. The Morgan fingerprint density at radius 1 is 1.41 bits per heavy atom. The van der Waals surface area contributed by atoms with Crippen LogP contribution in [0.5, 0.6) is 0 Å². The number of allylic oxidation sites excluding steroid dienone is 2. The van der Waals surface area contributed by atoms with Gasteiger partial charge >= 0.3 is 5.97 Å². The molecule has 17 heavy (non-hydrogen) atoms. The van der Waals surface area contributed by atoms with Crippen LogP contribution < -0.4 is 0 Å². The van der Waals surface area contributed by atoms with Gasteiger partial charge in [-0.25, -0.2) is 0 Å². The van der Waals surface area contributed by atoms with Crippen molar-refractivity contribution in [2.24, 2.45) is 0 Å². The molecule has 4 heteroatoms. The molecule has 0 aliphatic heterocycles. The summed E-state index contributed by atoms with van der Waals surface area (Å²) in [5, 5.41) is 0. The van der Waals surface area contributed by atoms with Gasteiger partial charge in [0.05, 0.1) is 6.16 Å². The van der Waals surface area contributed by atoms with Crippen molar-refractivity contribution < 1.29 is 14.1 Å². The van der Waals surface area contributed by atoms with E-state index in [9.17, 15) is 9.36 Å². The van der Waals surface area contributed by atoms with E-state index in [1.54, 1.807) is 26.0 Å². The number of rotatable bonds is 7. The van der Waals surface area contributed by atoms with E-state index in [-0.39, 0.29) is 6.16 Å². The topological polar surface area (TPSA) is 43.4 Å². The first-order chi connectivity index (χ1) is 7.78. The van der Waals surface area contributed by atoms with Gasteiger partial charge in [-0.1, -0.05) is 18.1 Å². The lowest BCUT2D eigenvalue weighted by Crippen LogP contribution is -2.28. The Bertz CT molecular complexity index is 374. The molecule has 0 bridgehead atoms. The first-order valence-corrected chi connectivity index (χ1v) is 7.53. The third-order valence-corrected chi connectivity index (χ3v) is 4.74. The van der Waals surface area contributed by atoms with Crippen LogP contribution in [0.2, 0.25) is 0 Å². The second kappa shape index (κ2) is 6.47. The Morgan fingerprint density at radius 2 is 1.88 bits per heavy atom. The van der Waals surface area contributed by atoms with E-state index in [0.29, 0.717) is 12.3 Å². The van der Waals surface area contributed by atoms with E-state index in [2.05, 4.69) is 19.1 Å². The van der Waals surface area contributed by atoms with Crippen molar-refractivity contribution in [3.8, 4) is 12.3 Å². The molecule has 0 aromatic rings. The van der Waals surface area contributed by atoms with Gasteiger partial charge in [-0.3, -0.25) is 4.79 Å². The second-order valence-electron chi connectivity index (χ2n) is 4.29. The van der Waals surface area contributed by atoms with Crippen LogP contribution in [-0.4, -0.2) is 30.1 Å². The number of esters is 1. The van der Waals surface area contributed by atoms with Crippen molar-refractivity contribution in [1.82, 2.24) is 0 Å². The highest BCUT2D eigenvalue weighted by atomic mass is 31.2. The van der Waals surface area contributed by atoms with Crippen molar-refractivity contribution >= 4 is 13.1 Å². The van der Waals surface area contributed by atoms with Crippen LogP contribution >= 0.6 is 7.14 Å². The summed E-state index contributed by atoms with van der Waals surface area (Å²) in [5.41, 5.74) is -0.968. The monoisotopic (exact) mass is 254 g/mol. The zero-order valence-corrected chi connectivity index (χ0v) is 11.3. The fraction of sp³-hybridized carbons (Fsp3) is 0.462. The summed E-state index contributed by atoms with van der Waals surface area (Å²) in [5.74, 6) is 1.81. The van der Waals surface area contributed by atoms with E-state index in [1.165, 1.54) is 0 Å². The van der Waals surface area contributed by atoms with E-state index in [0.717, 1.165) is 0 Å². The van der Waals surface area contributed by atoms with Crippen molar-refractivity contribution in [1.29, 1.82) is 0 Å². The van der Waals surface area contributed by atoms with Crippen molar-refractivity contribution in [2.75, 3.05) is 18.5 Å². The molecule has 94 valence electrons. The summed E-state index contributed by atoms with van der Waals surface area (Å²) in [7, 11) is -2.65. The molecule has 0 amide bonds. The van der Waals surface area contributed by atoms with Crippen LogP contribution in [0.1, 0.15) is 13.8 Å². The first kappa shape index (κ1) is 15.7. The molecule has 0 atom stereocenters. The van der Waals surface area contributed by atoms with Gasteiger partial charge in [0.1, 0.15) is 7.14 Å². The standard InChI is InChI=1S/C13H19O3P/c1-6-9-17(15,10-7-2)11-12(14)16-13(4,5)8-3/h3,6-7H,1-2,9-11H2,4-5H3. The minimum atomic E-state index is -2.65. The van der Waals surface area contributed by atoms with E-state index < -0.39 is 18.7 Å². The molecule has 0 spiro atoms. The van der Waals surface area contributed by atoms with Crippen LogP contribution in [0.15, 0.2) is 25.3 Å². The highest BCUT2D eigenvalue weighted by Crippen LogP contribution is 2.45. The smallest absolute Gasteiger partial charge is 0.314 e. The third-order valence-electron chi connectivity index (χ3n) is 2.06. The Kier molecular flexibility index (Phi) is 5.99. The Labute approximate surface area is 103 Å². The van der Waals surface area contributed by atoms with Crippen LogP contribution in [0.4, 0.5) is 0 Å². The molecule has 0 aromatic heterocycles. The number of ether oxygens (including phenoxy) is 1. The lowest BCUT2D eigenvalue weighted by atomic mass is 10.1. The normalized spacial score (nSPS) is 11.4. The Hall–Kier alpha value is -1.26. The molecule has 0 heterocycles. The van der Waals surface area contributed by atoms with Crippen LogP contribution in [0.25, 0.3) is 0 Å². The maximum absolute atomic E-state index is 12.3. The molecule has 0 fully saturated rings. The SMILES string of the molecule is C#CC(C)(C)OC(=O)CP(=O)(CC=C)CC=C. The molecule has 0 aromatic carbocycles. The van der Waals surface area contributed by atoms with Gasteiger partial charge < -0.3 is 9.30 Å². The predicted octanol–water partition coefficient (Wildman–Crippen LogP) is 2.68. The van der Waals surface area contributed by atoms with Gasteiger partial charge in [-0.2, -0.15) is 0 Å². The van der Waals surface area contributed by atoms with Gasteiger partial charge in [0.2, 0.25) is 0 Å². The predicted molar refractivity (Wildman–Crippen MR) is 71.6 cm³/mol. The minimum absolute atomic E-state index is 0.129. The van der Waals surface area contributed by atoms with E-state index in [4.69, 9.17) is 11.2 Å². The lowest BCUT2D eigenvalue weighted by Gasteiger charge is -2.20. The number of carbonyl (C=O) groups excluding carboxylic acids is 1. The first-order valence-electron chi connectivity index (χ1n) is 5.27. The van der Waals surface area contributed by atoms with Gasteiger partial charge in [0.25, 0.3) is 0 Å². The molecule has 0 aliphatic rings. The van der Waals surface area contributed by atoms with Crippen molar-refractivity contribution in [2.45, 2.75) is 19.4 Å². The maximum atomic E-state index is 12.3. The molecular weight excluding hydrogens is 235 g/mol. The lowest BCUT2D eigenvalue weighted by molar-refractivity contribution is -0.148. The molecule has 0 radical (unpaired) electrons. The van der Waals surface area contributed by atoms with E-state index in [1.807, 2.05) is 0 Å². The fourth-order valence-electron chi connectivity index (χ4n) is 1.26. The number of hydrogen-bond donors (Lipinski definition) is 0. The summed E-state index contributed by atoms with van der Waals surface area (Å²) in [4.78, 5) is 11.6. The van der Waals surface area contributed by atoms with Crippen LogP contribution in [0.3, 0.4) is 0 Å². The fourth-order valence-corrected chi connectivity index (χ4v) is 3.14. The summed E-state index contributed by atoms with van der Waals surface area (Å²) in [6.07, 6.45) is 8.76.